The Kier molecular flexibility index (Phi) is 19.7. The molecule has 0 aromatic rings. The first-order chi connectivity index (χ1) is 17.1. The van der Waals surface area contributed by atoms with Crippen molar-refractivity contribution >= 4 is 74.4 Å². The lowest BCUT2D eigenvalue weighted by molar-refractivity contribution is -0.199. The Morgan fingerprint density at radius 1 is 0.528 bits per heavy atom. The minimum absolute atomic E-state index is 0.00712. The normalized spacial score (nSPS) is 11.6. The number of aliphatic hydroxyl groups excluding tert-OH is 2. The molecule has 0 heterocycles. The fourth-order valence-electron chi connectivity index (χ4n) is 2.38. The smallest absolute Gasteiger partial charge is 0.306 e. The molecule has 0 amide bonds. The summed E-state index contributed by atoms with van der Waals surface area (Å²) in [5.41, 5.74) is -3.16. The summed E-state index contributed by atoms with van der Waals surface area (Å²) in [5, 5.41) is 20.3. The molecule has 0 rings (SSSR count). The van der Waals surface area contributed by atoms with Crippen LogP contribution in [-0.4, -0.2) is 109 Å². The molecule has 0 aromatic carbocycles. The van der Waals surface area contributed by atoms with Crippen LogP contribution in [0.25, 0.3) is 0 Å². The number of aliphatic hydroxyl groups is 2. The van der Waals surface area contributed by atoms with Gasteiger partial charge in [-0.05, 0) is 0 Å². The van der Waals surface area contributed by atoms with E-state index in [1.807, 2.05) is 0 Å². The van der Waals surface area contributed by atoms with E-state index in [2.05, 4.69) is 50.5 Å². The van der Waals surface area contributed by atoms with Gasteiger partial charge in [-0.3, -0.25) is 19.2 Å². The van der Waals surface area contributed by atoms with Gasteiger partial charge in [0, 0.05) is 23.0 Å². The van der Waals surface area contributed by atoms with Crippen molar-refractivity contribution in [2.45, 2.75) is 31.3 Å². The highest BCUT2D eigenvalue weighted by atomic mass is 32.1. The molecule has 0 atom stereocenters. The summed E-state index contributed by atoms with van der Waals surface area (Å²) in [7, 11) is 0. The Balaban J connectivity index is 5.74. The Labute approximate surface area is 232 Å². The zero-order valence-electron chi connectivity index (χ0n) is 20.0. The quantitative estimate of drug-likeness (QED) is 0.0614. The van der Waals surface area contributed by atoms with Gasteiger partial charge in [0.15, 0.2) is 5.60 Å². The lowest BCUT2D eigenvalue weighted by atomic mass is 9.91. The molecule has 11 nitrogen and oxygen atoms in total. The van der Waals surface area contributed by atoms with E-state index >= 15 is 0 Å². The topological polar surface area (TPSA) is 155 Å². The van der Waals surface area contributed by atoms with Crippen molar-refractivity contribution in [2.24, 2.45) is 5.41 Å². The predicted octanol–water partition coefficient (Wildman–Crippen LogP) is 0.165. The van der Waals surface area contributed by atoms with Gasteiger partial charge in [-0.2, -0.15) is 50.5 Å². The van der Waals surface area contributed by atoms with E-state index in [9.17, 15) is 29.4 Å². The first-order valence-electron chi connectivity index (χ1n) is 11.1. The Hall–Kier alpha value is -0.840. The fourth-order valence-corrected chi connectivity index (χ4v) is 3.11. The predicted molar refractivity (Wildman–Crippen MR) is 143 cm³/mol. The third kappa shape index (κ3) is 14.8. The number of thiol groups is 4. The molecule has 2 N–H and O–H groups in total. The van der Waals surface area contributed by atoms with Crippen LogP contribution >= 0.6 is 50.5 Å². The molecule has 0 radical (unpaired) electrons. The summed E-state index contributed by atoms with van der Waals surface area (Å²) >= 11 is 15.9. The number of carbonyl (C=O) groups is 4. The summed E-state index contributed by atoms with van der Waals surface area (Å²) in [5.74, 6) is -1.51. The highest BCUT2D eigenvalue weighted by molar-refractivity contribution is 7.80. The molecule has 0 spiro atoms. The Morgan fingerprint density at radius 3 is 1.14 bits per heavy atom. The molecule has 0 fully saturated rings. The highest BCUT2D eigenvalue weighted by Gasteiger charge is 2.41. The number of hydrogen-bond acceptors (Lipinski definition) is 15. The molecule has 36 heavy (non-hydrogen) atoms. The van der Waals surface area contributed by atoms with Gasteiger partial charge in [0.25, 0.3) is 0 Å². The van der Waals surface area contributed by atoms with Gasteiger partial charge in [0.05, 0.1) is 50.9 Å². The first kappa shape index (κ1) is 35.2. The van der Waals surface area contributed by atoms with Gasteiger partial charge in [-0.25, -0.2) is 0 Å². The van der Waals surface area contributed by atoms with E-state index in [0.29, 0.717) is 0 Å². The van der Waals surface area contributed by atoms with E-state index in [-0.39, 0.29) is 48.7 Å². The van der Waals surface area contributed by atoms with E-state index in [1.165, 1.54) is 0 Å². The molecule has 0 unspecified atom stereocenters. The second-order valence-corrected chi connectivity index (χ2v) is 9.61. The van der Waals surface area contributed by atoms with Crippen molar-refractivity contribution in [1.82, 2.24) is 0 Å². The summed E-state index contributed by atoms with van der Waals surface area (Å²) in [4.78, 5) is 47.6. The fraction of sp³-hybridized carbons (Fsp3) is 0.810. The second kappa shape index (κ2) is 20.2. The maximum Gasteiger partial charge on any atom is 0.306 e. The van der Waals surface area contributed by atoms with Crippen molar-refractivity contribution in [3.63, 3.8) is 0 Å². The summed E-state index contributed by atoms with van der Waals surface area (Å²) in [6.07, 6.45) is 0.00101. The van der Waals surface area contributed by atoms with Crippen molar-refractivity contribution in [3.8, 4) is 0 Å². The lowest BCUT2D eigenvalue weighted by Gasteiger charge is -2.37. The van der Waals surface area contributed by atoms with Crippen LogP contribution in [0.3, 0.4) is 0 Å². The average Bonchev–Trinajstić information content (AvgIpc) is 2.86. The number of carbonyl (C=O) groups excluding carboxylic acids is 4. The Bertz CT molecular complexity index is 578. The van der Waals surface area contributed by atoms with Gasteiger partial charge >= 0.3 is 23.9 Å². The molecule has 0 aromatic heterocycles. The van der Waals surface area contributed by atoms with Crippen LogP contribution in [0.5, 0.6) is 0 Å². The summed E-state index contributed by atoms with van der Waals surface area (Å²) in [6, 6.07) is 0. The highest BCUT2D eigenvalue weighted by Crippen LogP contribution is 2.24. The van der Waals surface area contributed by atoms with Crippen LogP contribution in [0, 0.1) is 5.41 Å². The average molecular weight is 593 g/mol. The van der Waals surface area contributed by atoms with Crippen molar-refractivity contribution < 1.29 is 53.1 Å². The zero-order valence-corrected chi connectivity index (χ0v) is 23.5. The van der Waals surface area contributed by atoms with Crippen LogP contribution in [-0.2, 0) is 42.9 Å². The maximum absolute atomic E-state index is 11.9. The molecule has 0 aliphatic carbocycles. The van der Waals surface area contributed by atoms with E-state index in [1.54, 1.807) is 0 Å². The lowest BCUT2D eigenvalue weighted by Crippen LogP contribution is -2.52. The molecule has 0 aliphatic rings. The van der Waals surface area contributed by atoms with Gasteiger partial charge in [-0.15, -0.1) is 0 Å². The van der Waals surface area contributed by atoms with Crippen LogP contribution < -0.4 is 0 Å². The number of ether oxygens (including phenoxy) is 5. The molecule has 0 saturated carbocycles. The second-order valence-electron chi connectivity index (χ2n) is 7.83. The van der Waals surface area contributed by atoms with Crippen molar-refractivity contribution in [2.75, 3.05) is 69.3 Å². The molecule has 0 saturated heterocycles. The molecule has 0 aliphatic heterocycles. The molecule has 210 valence electrons. The van der Waals surface area contributed by atoms with Crippen molar-refractivity contribution in [1.29, 1.82) is 0 Å². The van der Waals surface area contributed by atoms with Crippen LogP contribution in [0.15, 0.2) is 0 Å². The maximum atomic E-state index is 11.9. The zero-order chi connectivity index (χ0) is 27.5. The van der Waals surface area contributed by atoms with Gasteiger partial charge in [-0.1, -0.05) is 0 Å². The van der Waals surface area contributed by atoms with E-state index in [0.717, 1.165) is 0 Å². The van der Waals surface area contributed by atoms with Gasteiger partial charge in [0.2, 0.25) is 0 Å². The number of hydrogen-bond donors (Lipinski definition) is 6. The summed E-state index contributed by atoms with van der Waals surface area (Å²) < 4.78 is 26.6. The van der Waals surface area contributed by atoms with Crippen LogP contribution in [0.2, 0.25) is 0 Å². The van der Waals surface area contributed by atoms with Crippen molar-refractivity contribution in [3.05, 3.63) is 0 Å². The van der Waals surface area contributed by atoms with Gasteiger partial charge in [0.1, 0.15) is 26.4 Å². The molecular weight excluding hydrogens is 556 g/mol. The third-order valence-corrected chi connectivity index (χ3v) is 5.54. The number of esters is 4. The minimum atomic E-state index is -1.72. The Morgan fingerprint density at radius 2 is 0.861 bits per heavy atom. The third-order valence-electron chi connectivity index (χ3n) is 4.64. The summed E-state index contributed by atoms with van der Waals surface area (Å²) in [6.45, 7) is -3.60. The standard InChI is InChI=1S/C21H36O11S4/c22-9-20(11-28-16(24)1-5-33,12-29-17(25)2-6-34)13-32-21(10-23,14-30-18(26)3-7-35)15-31-19(27)4-8-36/h22-23,33-36H,1-15H2. The minimum Gasteiger partial charge on any atom is -0.465 e. The number of rotatable bonds is 21. The van der Waals surface area contributed by atoms with Crippen LogP contribution in [0.4, 0.5) is 0 Å². The van der Waals surface area contributed by atoms with Gasteiger partial charge < -0.3 is 33.9 Å². The largest absolute Gasteiger partial charge is 0.465 e. The van der Waals surface area contributed by atoms with E-state index < -0.39 is 81.1 Å². The van der Waals surface area contributed by atoms with Crippen LogP contribution in [0.1, 0.15) is 25.7 Å². The molecule has 0 bridgehead atoms. The molecular formula is C21H36O11S4. The van der Waals surface area contributed by atoms with E-state index in [4.69, 9.17) is 23.7 Å². The molecule has 15 heteroatoms. The monoisotopic (exact) mass is 592 g/mol. The SMILES string of the molecule is O=C(CCS)OCC(CO)(COC(=O)CCS)COC(CO)(COC(=O)CCS)COC(=O)CCS. The first-order valence-corrected chi connectivity index (χ1v) is 13.6.